The van der Waals surface area contributed by atoms with Crippen molar-refractivity contribution in [2.24, 2.45) is 5.41 Å². The zero-order valence-electron chi connectivity index (χ0n) is 8.63. The van der Waals surface area contributed by atoms with Crippen LogP contribution in [0.4, 0.5) is 0 Å². The first-order chi connectivity index (χ1) is 7.88. The molecule has 0 radical (unpaired) electrons. The van der Waals surface area contributed by atoms with Gasteiger partial charge >= 0.3 is 0 Å². The minimum Gasteiger partial charge on any atom is -0.384 e. The molecular weight excluding hydrogens is 284 g/mol. The molecular formula is C9H9ClN2O3S2. The second-order valence-corrected chi connectivity index (χ2v) is 7.89. The predicted octanol–water partition coefficient (Wildman–Crippen LogP) is 1.16. The first-order valence-electron chi connectivity index (χ1n) is 4.79. The molecule has 5 nitrogen and oxygen atoms in total. The molecule has 0 aliphatic carbocycles. The third-order valence-corrected chi connectivity index (χ3v) is 5.76. The van der Waals surface area contributed by atoms with Gasteiger partial charge in [-0.2, -0.15) is 5.26 Å². The Labute approximate surface area is 108 Å². The van der Waals surface area contributed by atoms with Crippen molar-refractivity contribution in [1.82, 2.24) is 4.98 Å². The van der Waals surface area contributed by atoms with Gasteiger partial charge in [0.1, 0.15) is 20.9 Å². The summed E-state index contributed by atoms with van der Waals surface area (Å²) in [5.74, 6) is -0.397. The zero-order chi connectivity index (χ0) is 12.7. The van der Waals surface area contributed by atoms with Gasteiger partial charge < -0.3 is 5.11 Å². The van der Waals surface area contributed by atoms with E-state index < -0.39 is 21.4 Å². The van der Waals surface area contributed by atoms with Gasteiger partial charge in [0.2, 0.25) is 0 Å². The summed E-state index contributed by atoms with van der Waals surface area (Å²) < 4.78 is 23.3. The Bertz CT molecular complexity index is 577. The van der Waals surface area contributed by atoms with E-state index >= 15 is 0 Å². The highest BCUT2D eigenvalue weighted by Gasteiger charge is 2.49. The fourth-order valence-electron chi connectivity index (χ4n) is 1.87. The number of hydrogen-bond donors (Lipinski definition) is 1. The number of aromatic nitrogens is 1. The molecule has 1 aliphatic heterocycles. The van der Waals surface area contributed by atoms with Crippen molar-refractivity contribution in [2.45, 2.75) is 12.5 Å². The van der Waals surface area contributed by atoms with Gasteiger partial charge in [0.15, 0.2) is 9.84 Å². The molecule has 2 unspecified atom stereocenters. The lowest BCUT2D eigenvalue weighted by atomic mass is 9.83. The molecule has 2 heterocycles. The number of nitriles is 1. The van der Waals surface area contributed by atoms with Crippen LogP contribution in [-0.2, 0) is 9.84 Å². The molecule has 1 aliphatic rings. The molecule has 1 N–H and O–H groups in total. The normalized spacial score (nSPS) is 28.8. The van der Waals surface area contributed by atoms with Crippen LogP contribution in [0.2, 0.25) is 4.34 Å². The SMILES string of the molecule is N#CC1(C(O)c2ncc(Cl)s2)CCS(=O)(=O)C1. The van der Waals surface area contributed by atoms with Crippen LogP contribution in [0.25, 0.3) is 0 Å². The lowest BCUT2D eigenvalue weighted by Crippen LogP contribution is -2.28. The standard InChI is InChI=1S/C9H9ClN2O3S2/c10-6-3-12-8(16-6)7(13)9(4-11)1-2-17(14,15)5-9/h3,7,13H,1-2,5H2. The minimum absolute atomic E-state index is 0.0727. The number of sulfone groups is 1. The Morgan fingerprint density at radius 3 is 2.82 bits per heavy atom. The first kappa shape index (κ1) is 12.8. The first-order valence-corrected chi connectivity index (χ1v) is 7.81. The highest BCUT2D eigenvalue weighted by Crippen LogP contribution is 2.44. The van der Waals surface area contributed by atoms with Crippen molar-refractivity contribution in [3.05, 3.63) is 15.5 Å². The van der Waals surface area contributed by atoms with Crippen molar-refractivity contribution in [3.8, 4) is 6.07 Å². The lowest BCUT2D eigenvalue weighted by molar-refractivity contribution is 0.0791. The fraction of sp³-hybridized carbons (Fsp3) is 0.556. The number of thiazole rings is 1. The monoisotopic (exact) mass is 292 g/mol. The number of rotatable bonds is 2. The summed E-state index contributed by atoms with van der Waals surface area (Å²) in [6, 6.07) is 1.93. The Morgan fingerprint density at radius 1 is 1.71 bits per heavy atom. The highest BCUT2D eigenvalue weighted by atomic mass is 35.5. The van der Waals surface area contributed by atoms with E-state index in [2.05, 4.69) is 4.98 Å². The highest BCUT2D eigenvalue weighted by molar-refractivity contribution is 7.91. The van der Waals surface area contributed by atoms with Gasteiger partial charge in [0, 0.05) is 0 Å². The minimum atomic E-state index is -3.25. The molecule has 1 fully saturated rings. The molecule has 8 heteroatoms. The molecule has 1 aromatic heterocycles. The summed E-state index contributed by atoms with van der Waals surface area (Å²) in [4.78, 5) is 3.89. The van der Waals surface area contributed by atoms with E-state index in [1.54, 1.807) is 0 Å². The van der Waals surface area contributed by atoms with Gasteiger partial charge in [-0.05, 0) is 6.42 Å². The largest absolute Gasteiger partial charge is 0.384 e. The number of hydrogen-bond acceptors (Lipinski definition) is 6. The van der Waals surface area contributed by atoms with Gasteiger partial charge in [-0.3, -0.25) is 0 Å². The Kier molecular flexibility index (Phi) is 3.16. The summed E-state index contributed by atoms with van der Waals surface area (Å²) in [6.07, 6.45) is 0.297. The number of halogens is 1. The van der Waals surface area contributed by atoms with Crippen molar-refractivity contribution >= 4 is 32.8 Å². The van der Waals surface area contributed by atoms with E-state index in [9.17, 15) is 13.5 Å². The van der Waals surface area contributed by atoms with Crippen LogP contribution in [0.5, 0.6) is 0 Å². The van der Waals surface area contributed by atoms with Crippen LogP contribution >= 0.6 is 22.9 Å². The summed E-state index contributed by atoms with van der Waals surface area (Å²) in [5.41, 5.74) is -1.29. The molecule has 0 spiro atoms. The van der Waals surface area contributed by atoms with Crippen LogP contribution in [0.3, 0.4) is 0 Å². The van der Waals surface area contributed by atoms with E-state index in [-0.39, 0.29) is 22.9 Å². The molecule has 0 aromatic carbocycles. The van der Waals surface area contributed by atoms with Crippen LogP contribution in [0.15, 0.2) is 6.20 Å². The van der Waals surface area contributed by atoms with E-state index in [0.29, 0.717) is 4.34 Å². The Balaban J connectivity index is 2.35. The van der Waals surface area contributed by atoms with Gasteiger partial charge in [-0.25, -0.2) is 13.4 Å². The summed E-state index contributed by atoms with van der Waals surface area (Å²) in [7, 11) is -3.25. The average Bonchev–Trinajstić information content (AvgIpc) is 2.82. The van der Waals surface area contributed by atoms with Gasteiger partial charge in [0.25, 0.3) is 0 Å². The van der Waals surface area contributed by atoms with Gasteiger partial charge in [0.05, 0.1) is 23.8 Å². The summed E-state index contributed by atoms with van der Waals surface area (Å²) >= 11 is 6.75. The molecule has 17 heavy (non-hydrogen) atoms. The maximum atomic E-state index is 11.4. The molecule has 0 amide bonds. The summed E-state index contributed by atoms with van der Waals surface area (Å²) in [5, 5.41) is 19.6. The van der Waals surface area contributed by atoms with Crippen molar-refractivity contribution in [2.75, 3.05) is 11.5 Å². The Hall–Kier alpha value is -0.680. The van der Waals surface area contributed by atoms with Crippen molar-refractivity contribution in [1.29, 1.82) is 5.26 Å². The molecule has 0 saturated carbocycles. The van der Waals surface area contributed by atoms with E-state index in [1.165, 1.54) is 6.20 Å². The van der Waals surface area contributed by atoms with Crippen molar-refractivity contribution < 1.29 is 13.5 Å². The van der Waals surface area contributed by atoms with E-state index in [4.69, 9.17) is 16.9 Å². The topological polar surface area (TPSA) is 91.0 Å². The molecule has 0 bridgehead atoms. The second kappa shape index (κ2) is 4.21. The number of aliphatic hydroxyl groups is 1. The molecule has 2 rings (SSSR count). The second-order valence-electron chi connectivity index (χ2n) is 4.02. The molecule has 1 saturated heterocycles. The lowest BCUT2D eigenvalue weighted by Gasteiger charge is -2.23. The predicted molar refractivity (Wildman–Crippen MR) is 63.4 cm³/mol. The molecule has 1 aromatic rings. The van der Waals surface area contributed by atoms with Crippen LogP contribution in [-0.4, -0.2) is 30.0 Å². The molecule has 92 valence electrons. The summed E-state index contributed by atoms with van der Waals surface area (Å²) in [6.45, 7) is 0. The maximum Gasteiger partial charge on any atom is 0.152 e. The molecule has 2 atom stereocenters. The van der Waals surface area contributed by atoms with Crippen LogP contribution in [0, 0.1) is 16.7 Å². The van der Waals surface area contributed by atoms with Gasteiger partial charge in [-0.1, -0.05) is 11.6 Å². The average molecular weight is 293 g/mol. The smallest absolute Gasteiger partial charge is 0.152 e. The third-order valence-electron chi connectivity index (χ3n) is 2.81. The number of aliphatic hydroxyl groups excluding tert-OH is 1. The van der Waals surface area contributed by atoms with Crippen LogP contribution < -0.4 is 0 Å². The zero-order valence-corrected chi connectivity index (χ0v) is 11.0. The maximum absolute atomic E-state index is 11.4. The quantitative estimate of drug-likeness (QED) is 0.883. The van der Waals surface area contributed by atoms with E-state index in [0.717, 1.165) is 11.3 Å². The Morgan fingerprint density at radius 2 is 2.41 bits per heavy atom. The third kappa shape index (κ3) is 2.31. The van der Waals surface area contributed by atoms with Crippen molar-refractivity contribution in [3.63, 3.8) is 0 Å². The van der Waals surface area contributed by atoms with Crippen LogP contribution in [0.1, 0.15) is 17.5 Å². The fourth-order valence-corrected chi connectivity index (χ4v) is 4.87. The number of nitrogens with zero attached hydrogens (tertiary/aromatic N) is 2. The van der Waals surface area contributed by atoms with E-state index in [1.807, 2.05) is 6.07 Å². The van der Waals surface area contributed by atoms with Gasteiger partial charge in [-0.15, -0.1) is 11.3 Å².